The van der Waals surface area contributed by atoms with E-state index in [1.54, 1.807) is 18.3 Å². The molecule has 0 aliphatic rings. The third kappa shape index (κ3) is 4.85. The van der Waals surface area contributed by atoms with E-state index in [-0.39, 0.29) is 18.1 Å². The van der Waals surface area contributed by atoms with Crippen LogP contribution in [0.3, 0.4) is 0 Å². The molecule has 0 aliphatic heterocycles. The maximum absolute atomic E-state index is 13.1. The molecule has 0 unspecified atom stereocenters. The number of hydrogen-bond acceptors (Lipinski definition) is 5. The lowest BCUT2D eigenvalue weighted by atomic mass is 10.1. The predicted octanol–water partition coefficient (Wildman–Crippen LogP) is 5.06. The molecular formula is C21H18BrIN4O2. The van der Waals surface area contributed by atoms with E-state index in [0.717, 1.165) is 20.0 Å². The molecular weight excluding hydrogens is 547 g/mol. The number of halogens is 2. The van der Waals surface area contributed by atoms with Crippen molar-refractivity contribution in [3.05, 3.63) is 66.2 Å². The van der Waals surface area contributed by atoms with Gasteiger partial charge in [-0.25, -0.2) is 4.98 Å². The Hall–Kier alpha value is -2.25. The molecule has 0 amide bonds. The van der Waals surface area contributed by atoms with Gasteiger partial charge in [-0.3, -0.25) is 4.79 Å². The third-order valence-corrected chi connectivity index (χ3v) is 5.79. The van der Waals surface area contributed by atoms with Crippen LogP contribution in [0.5, 0.6) is 5.75 Å². The quantitative estimate of drug-likeness (QED) is 0.309. The zero-order chi connectivity index (χ0) is 21.0. The SMILES string of the molecule is CC[C@@H](C)c1nc2ccc(Br)cc2c(=O)n1N=Cc1ccc(OCC#N)c(I)c1. The molecule has 3 aromatic rings. The van der Waals surface area contributed by atoms with Gasteiger partial charge in [-0.05, 0) is 71.0 Å². The van der Waals surface area contributed by atoms with E-state index in [4.69, 9.17) is 15.0 Å². The third-order valence-electron chi connectivity index (χ3n) is 4.46. The van der Waals surface area contributed by atoms with Gasteiger partial charge in [0.2, 0.25) is 0 Å². The van der Waals surface area contributed by atoms with Gasteiger partial charge in [-0.15, -0.1) is 0 Å². The molecule has 1 heterocycles. The normalized spacial score (nSPS) is 12.2. The van der Waals surface area contributed by atoms with Crippen molar-refractivity contribution in [2.45, 2.75) is 26.2 Å². The molecule has 148 valence electrons. The van der Waals surface area contributed by atoms with Gasteiger partial charge in [-0.2, -0.15) is 15.0 Å². The summed E-state index contributed by atoms with van der Waals surface area (Å²) in [4.78, 5) is 17.8. The number of ether oxygens (including phenoxy) is 1. The second-order valence-corrected chi connectivity index (χ2v) is 8.52. The number of nitriles is 1. The standard InChI is InChI=1S/C21H18BrIN4O2/c1-3-13(2)20-26-18-6-5-15(22)11-16(18)21(28)27(20)25-12-14-4-7-19(17(23)10-14)29-9-8-24/h4-7,10-13H,3,9H2,1-2H3/t13-/m1/s1. The molecule has 8 heteroatoms. The van der Waals surface area contributed by atoms with Crippen LogP contribution in [0, 0.1) is 14.9 Å². The van der Waals surface area contributed by atoms with E-state index in [2.05, 4.69) is 50.5 Å². The predicted molar refractivity (Wildman–Crippen MR) is 126 cm³/mol. The summed E-state index contributed by atoms with van der Waals surface area (Å²) in [6.45, 7) is 4.08. The van der Waals surface area contributed by atoms with Crippen LogP contribution in [-0.2, 0) is 0 Å². The summed E-state index contributed by atoms with van der Waals surface area (Å²) < 4.78 is 8.43. The van der Waals surface area contributed by atoms with Crippen molar-refractivity contribution in [1.82, 2.24) is 9.66 Å². The van der Waals surface area contributed by atoms with E-state index in [0.29, 0.717) is 22.5 Å². The minimum Gasteiger partial charge on any atom is -0.478 e. The Morgan fingerprint density at radius 1 is 1.38 bits per heavy atom. The molecule has 0 saturated heterocycles. The molecule has 29 heavy (non-hydrogen) atoms. The Morgan fingerprint density at radius 2 is 2.17 bits per heavy atom. The monoisotopic (exact) mass is 564 g/mol. The van der Waals surface area contributed by atoms with Crippen molar-refractivity contribution in [2.24, 2.45) is 5.10 Å². The average Bonchev–Trinajstić information content (AvgIpc) is 2.72. The number of benzene rings is 2. The van der Waals surface area contributed by atoms with Crippen LogP contribution in [0.2, 0.25) is 0 Å². The maximum Gasteiger partial charge on any atom is 0.282 e. The van der Waals surface area contributed by atoms with Gasteiger partial charge in [0, 0.05) is 10.4 Å². The summed E-state index contributed by atoms with van der Waals surface area (Å²) in [6, 6.07) is 12.9. The number of fused-ring (bicyclic) bond motifs is 1. The first-order valence-electron chi connectivity index (χ1n) is 9.00. The molecule has 0 radical (unpaired) electrons. The molecule has 2 aromatic carbocycles. The smallest absolute Gasteiger partial charge is 0.282 e. The summed E-state index contributed by atoms with van der Waals surface area (Å²) in [6.07, 6.45) is 2.47. The Balaban J connectivity index is 2.06. The van der Waals surface area contributed by atoms with Crippen LogP contribution >= 0.6 is 38.5 Å². The van der Waals surface area contributed by atoms with Crippen LogP contribution in [0.4, 0.5) is 0 Å². The molecule has 0 spiro atoms. The summed E-state index contributed by atoms with van der Waals surface area (Å²) in [5.41, 5.74) is 1.27. The van der Waals surface area contributed by atoms with Gasteiger partial charge in [0.1, 0.15) is 17.6 Å². The van der Waals surface area contributed by atoms with Crippen molar-refractivity contribution in [2.75, 3.05) is 6.61 Å². The van der Waals surface area contributed by atoms with Crippen molar-refractivity contribution < 1.29 is 4.74 Å². The molecule has 1 atom stereocenters. The number of aromatic nitrogens is 2. The summed E-state index contributed by atoms with van der Waals surface area (Å²) in [7, 11) is 0. The number of rotatable bonds is 6. The lowest BCUT2D eigenvalue weighted by Crippen LogP contribution is -2.23. The van der Waals surface area contributed by atoms with Gasteiger partial charge in [-0.1, -0.05) is 29.8 Å². The minimum atomic E-state index is -0.202. The van der Waals surface area contributed by atoms with E-state index in [1.165, 1.54) is 4.68 Å². The molecule has 0 bridgehead atoms. The molecule has 3 rings (SSSR count). The first kappa shape index (κ1) is 21.5. The highest BCUT2D eigenvalue weighted by Crippen LogP contribution is 2.23. The second-order valence-electron chi connectivity index (χ2n) is 6.44. The first-order chi connectivity index (χ1) is 13.9. The van der Waals surface area contributed by atoms with Crippen LogP contribution in [-0.4, -0.2) is 22.5 Å². The zero-order valence-corrected chi connectivity index (χ0v) is 19.6. The first-order valence-corrected chi connectivity index (χ1v) is 10.9. The number of nitrogens with zero attached hydrogens (tertiary/aromatic N) is 4. The molecule has 0 fully saturated rings. The largest absolute Gasteiger partial charge is 0.478 e. The van der Waals surface area contributed by atoms with Gasteiger partial charge in [0.15, 0.2) is 6.61 Å². The lowest BCUT2D eigenvalue weighted by molar-refractivity contribution is 0.365. The summed E-state index contributed by atoms with van der Waals surface area (Å²) in [5.74, 6) is 1.35. The van der Waals surface area contributed by atoms with E-state index in [9.17, 15) is 4.79 Å². The van der Waals surface area contributed by atoms with Crippen LogP contribution in [0.1, 0.15) is 37.6 Å². The van der Waals surface area contributed by atoms with Gasteiger partial charge in [0.05, 0.1) is 20.7 Å². The van der Waals surface area contributed by atoms with Crippen molar-refractivity contribution in [3.8, 4) is 11.8 Å². The zero-order valence-electron chi connectivity index (χ0n) is 15.9. The highest BCUT2D eigenvalue weighted by molar-refractivity contribution is 14.1. The Bertz CT molecular complexity index is 1180. The highest BCUT2D eigenvalue weighted by Gasteiger charge is 2.15. The molecule has 0 N–H and O–H groups in total. The van der Waals surface area contributed by atoms with Gasteiger partial charge in [0.25, 0.3) is 5.56 Å². The second kappa shape index (κ2) is 9.50. The van der Waals surface area contributed by atoms with Crippen LogP contribution in [0.25, 0.3) is 10.9 Å². The number of hydrogen-bond donors (Lipinski definition) is 0. The van der Waals surface area contributed by atoms with E-state index < -0.39 is 0 Å². The molecule has 0 saturated carbocycles. The Labute approximate surface area is 190 Å². The molecule has 1 aromatic heterocycles. The lowest BCUT2D eigenvalue weighted by Gasteiger charge is -2.14. The topological polar surface area (TPSA) is 80.3 Å². The van der Waals surface area contributed by atoms with Crippen LogP contribution in [0.15, 0.2) is 50.8 Å². The Morgan fingerprint density at radius 3 is 2.86 bits per heavy atom. The summed E-state index contributed by atoms with van der Waals surface area (Å²) >= 11 is 5.56. The molecule has 6 nitrogen and oxygen atoms in total. The average molecular weight is 565 g/mol. The Kier molecular flexibility index (Phi) is 7.03. The summed E-state index contributed by atoms with van der Waals surface area (Å²) in [5, 5.41) is 13.6. The minimum absolute atomic E-state index is 0.00455. The van der Waals surface area contributed by atoms with Crippen molar-refractivity contribution in [3.63, 3.8) is 0 Å². The van der Waals surface area contributed by atoms with Gasteiger partial charge >= 0.3 is 0 Å². The fraction of sp³-hybridized carbons (Fsp3) is 0.238. The van der Waals surface area contributed by atoms with Crippen molar-refractivity contribution in [1.29, 1.82) is 5.26 Å². The maximum atomic E-state index is 13.1. The fourth-order valence-corrected chi connectivity index (χ4v) is 3.78. The van der Waals surface area contributed by atoms with E-state index in [1.807, 2.05) is 37.3 Å². The fourth-order valence-electron chi connectivity index (χ4n) is 2.73. The van der Waals surface area contributed by atoms with E-state index >= 15 is 0 Å². The van der Waals surface area contributed by atoms with Crippen molar-refractivity contribution >= 4 is 55.6 Å². The van der Waals surface area contributed by atoms with Gasteiger partial charge < -0.3 is 4.74 Å². The highest BCUT2D eigenvalue weighted by atomic mass is 127. The van der Waals surface area contributed by atoms with Crippen LogP contribution < -0.4 is 10.3 Å². The molecule has 0 aliphatic carbocycles.